The first-order chi connectivity index (χ1) is 35.7. The van der Waals surface area contributed by atoms with Crippen LogP contribution in [-0.4, -0.2) is 27.4 Å². The molecule has 6 heteroatoms. The second-order valence-corrected chi connectivity index (χ2v) is 26.5. The summed E-state index contributed by atoms with van der Waals surface area (Å²) in [5.74, 6) is 3.44. The van der Waals surface area contributed by atoms with Gasteiger partial charge in [0.1, 0.15) is 23.0 Å². The predicted octanol–water partition coefficient (Wildman–Crippen LogP) is 8.27. The normalized spacial score (nSPS) is 12.6. The van der Waals surface area contributed by atoms with E-state index in [2.05, 4.69) is 284 Å². The number of fused-ring (bicyclic) bond motifs is 7. The number of hydrogen-bond acceptors (Lipinski definition) is 2. The Morgan fingerprint density at radius 1 is 0.306 bits per heavy atom. The summed E-state index contributed by atoms with van der Waals surface area (Å²) in [6, 6.07) is 103. The number of aromatic nitrogens is 1. The Morgan fingerprint density at radius 2 is 0.611 bits per heavy atom. The highest BCUT2D eigenvalue weighted by molar-refractivity contribution is 7.21. The molecule has 14 rings (SSSR count). The Bertz CT molecular complexity index is 3530. The van der Waals surface area contributed by atoms with E-state index in [0.717, 1.165) is 56.1 Å². The van der Waals surface area contributed by atoms with Gasteiger partial charge in [-0.1, -0.05) is 255 Å². The lowest BCUT2D eigenvalue weighted by atomic mass is 9.35. The van der Waals surface area contributed by atoms with E-state index in [4.69, 9.17) is 9.47 Å². The smallest absolute Gasteiger partial charge is 0.260 e. The van der Waals surface area contributed by atoms with Gasteiger partial charge in [-0.15, -0.1) is 0 Å². The molecule has 2 aliphatic heterocycles. The van der Waals surface area contributed by atoms with E-state index >= 15 is 0 Å². The van der Waals surface area contributed by atoms with E-state index in [1.165, 1.54) is 52.3 Å². The molecule has 11 aromatic carbocycles. The zero-order valence-corrected chi connectivity index (χ0v) is 41.4. The Balaban J connectivity index is 1.11. The highest BCUT2D eigenvalue weighted by Crippen LogP contribution is 2.40. The van der Waals surface area contributed by atoms with Gasteiger partial charge in [-0.05, 0) is 64.6 Å². The van der Waals surface area contributed by atoms with Crippen LogP contribution in [0.3, 0.4) is 0 Å². The number of benzene rings is 11. The van der Waals surface area contributed by atoms with Crippen molar-refractivity contribution in [1.82, 2.24) is 4.57 Å². The zero-order chi connectivity index (χ0) is 47.6. The first-order valence-electron chi connectivity index (χ1n) is 24.9. The van der Waals surface area contributed by atoms with E-state index in [0.29, 0.717) is 0 Å². The molecule has 0 bridgehead atoms. The predicted molar refractivity (Wildman–Crippen MR) is 306 cm³/mol. The number of para-hydroxylation sites is 4. The first-order valence-corrected chi connectivity index (χ1v) is 28.9. The van der Waals surface area contributed by atoms with Crippen LogP contribution in [0.25, 0.3) is 27.5 Å². The Labute approximate surface area is 422 Å². The lowest BCUT2D eigenvalue weighted by Crippen LogP contribution is -2.76. The fraction of sp³-hybridized carbons (Fsp3) is 0. The van der Waals surface area contributed by atoms with E-state index in [1.807, 2.05) is 0 Å². The average molecular weight is 952 g/mol. The molecule has 0 atom stereocenters. The summed E-state index contributed by atoms with van der Waals surface area (Å²) < 4.78 is 17.9. The van der Waals surface area contributed by atoms with Crippen LogP contribution >= 0.6 is 0 Å². The molecule has 0 saturated heterocycles. The minimum Gasteiger partial charge on any atom is -0.458 e. The molecule has 3 heterocycles. The van der Waals surface area contributed by atoms with Gasteiger partial charge in [0.2, 0.25) is 0 Å². The van der Waals surface area contributed by atoms with Crippen LogP contribution in [-0.2, 0) is 0 Å². The number of ether oxygens (including phenoxy) is 2. The van der Waals surface area contributed by atoms with Gasteiger partial charge >= 0.3 is 0 Å². The largest absolute Gasteiger partial charge is 0.458 e. The zero-order valence-electron chi connectivity index (χ0n) is 39.4. The molecule has 0 aliphatic carbocycles. The summed E-state index contributed by atoms with van der Waals surface area (Å²) in [6.45, 7) is -0.211. The summed E-state index contributed by atoms with van der Waals surface area (Å²) in [5.41, 5.74) is 6.56. The number of rotatable bonds is 9. The van der Waals surface area contributed by atoms with Gasteiger partial charge in [0.15, 0.2) is 16.1 Å². The molecule has 2 aliphatic rings. The van der Waals surface area contributed by atoms with Crippen LogP contribution in [0.5, 0.6) is 23.0 Å². The fourth-order valence-electron chi connectivity index (χ4n) is 12.5. The van der Waals surface area contributed by atoms with Gasteiger partial charge in [0.25, 0.3) is 6.71 Å². The summed E-state index contributed by atoms with van der Waals surface area (Å²) in [6.07, 6.45) is 0. The molecule has 3 nitrogen and oxygen atoms in total. The molecule has 0 saturated carbocycles. The van der Waals surface area contributed by atoms with E-state index in [1.54, 1.807) is 0 Å². The Kier molecular flexibility index (Phi) is 9.98. The van der Waals surface area contributed by atoms with Crippen molar-refractivity contribution in [2.75, 3.05) is 0 Å². The maximum Gasteiger partial charge on any atom is 0.260 e. The molecule has 0 unspecified atom stereocenters. The first kappa shape index (κ1) is 42.2. The van der Waals surface area contributed by atoms with Gasteiger partial charge in [-0.25, -0.2) is 0 Å². The molecule has 338 valence electrons. The van der Waals surface area contributed by atoms with Crippen LogP contribution in [0.1, 0.15) is 0 Å². The molecule has 1 aromatic heterocycles. The van der Waals surface area contributed by atoms with Gasteiger partial charge in [0.05, 0.1) is 16.7 Å². The van der Waals surface area contributed by atoms with Gasteiger partial charge in [-0.3, -0.25) is 0 Å². The molecule has 0 radical (unpaired) electrons. The topological polar surface area (TPSA) is 23.4 Å². The summed E-state index contributed by atoms with van der Waals surface area (Å²) in [5, 5.41) is 12.6. The molecule has 12 aromatic rings. The van der Waals surface area contributed by atoms with Crippen molar-refractivity contribution in [1.29, 1.82) is 0 Å². The van der Waals surface area contributed by atoms with Crippen LogP contribution in [0.4, 0.5) is 0 Å². The van der Waals surface area contributed by atoms with Gasteiger partial charge in [-0.2, -0.15) is 0 Å². The standard InChI is InChI=1S/C66H46BNO2Si2/c1-7-25-48(26-8-1)71(49-27-9-2-10-28-49,50-29-11-3-12-30-50)62-43-23-39-56-65(62)69-60-45-47(68-58-41-21-19-37-54(58)55-38-20-22-42-59(55)68)46-61-64(60)67(56)57-40-24-44-63(66(57)70-61)72(51-31-13-4-14-32-51,52-33-15-5-16-34-52)53-35-17-6-18-36-53/h1-46H. The lowest BCUT2D eigenvalue weighted by molar-refractivity contribution is 0.467. The molecule has 0 N–H and O–H groups in total. The average Bonchev–Trinajstić information content (AvgIpc) is 3.80. The minimum absolute atomic E-state index is 0.211. The third kappa shape index (κ3) is 6.22. The minimum atomic E-state index is -3.10. The maximum absolute atomic E-state index is 7.76. The van der Waals surface area contributed by atoms with Crippen LogP contribution in [0.15, 0.2) is 279 Å². The summed E-state index contributed by atoms with van der Waals surface area (Å²) in [7, 11) is -6.19. The summed E-state index contributed by atoms with van der Waals surface area (Å²) >= 11 is 0. The Morgan fingerprint density at radius 3 is 0.944 bits per heavy atom. The lowest BCUT2D eigenvalue weighted by Gasteiger charge is -2.41. The van der Waals surface area contributed by atoms with Crippen molar-refractivity contribution in [2.45, 2.75) is 0 Å². The highest BCUT2D eigenvalue weighted by Gasteiger charge is 2.50. The van der Waals surface area contributed by atoms with Crippen molar-refractivity contribution in [3.8, 4) is 28.7 Å². The van der Waals surface area contributed by atoms with E-state index in [-0.39, 0.29) is 6.71 Å². The van der Waals surface area contributed by atoms with Crippen molar-refractivity contribution in [3.05, 3.63) is 279 Å². The van der Waals surface area contributed by atoms with Crippen molar-refractivity contribution in [3.63, 3.8) is 0 Å². The number of nitrogens with zero attached hydrogens (tertiary/aromatic N) is 1. The van der Waals surface area contributed by atoms with Crippen LogP contribution < -0.4 is 67.4 Å². The second kappa shape index (κ2) is 17.0. The highest BCUT2D eigenvalue weighted by atomic mass is 28.3. The Hall–Kier alpha value is -8.68. The quantitative estimate of drug-likeness (QED) is 0.108. The van der Waals surface area contributed by atoms with E-state index in [9.17, 15) is 0 Å². The molecule has 72 heavy (non-hydrogen) atoms. The second-order valence-electron chi connectivity index (χ2n) is 19.0. The molecule has 0 spiro atoms. The molecule has 0 fully saturated rings. The van der Waals surface area contributed by atoms with Gasteiger partial charge in [0, 0.05) is 28.4 Å². The fourth-order valence-corrected chi connectivity index (χ4v) is 22.3. The van der Waals surface area contributed by atoms with E-state index < -0.39 is 16.1 Å². The van der Waals surface area contributed by atoms with Crippen LogP contribution in [0, 0.1) is 0 Å². The van der Waals surface area contributed by atoms with Crippen molar-refractivity contribution in [2.24, 2.45) is 0 Å². The molecular weight excluding hydrogens is 906 g/mol. The maximum atomic E-state index is 7.76. The number of hydrogen-bond donors (Lipinski definition) is 0. The van der Waals surface area contributed by atoms with Crippen molar-refractivity contribution < 1.29 is 9.47 Å². The third-order valence-electron chi connectivity index (χ3n) is 15.4. The van der Waals surface area contributed by atoms with Crippen LogP contribution in [0.2, 0.25) is 0 Å². The third-order valence-corrected chi connectivity index (χ3v) is 25.0. The SMILES string of the molecule is c1ccc([Si](c2ccccc2)(c2ccccc2)c2cccc3c2Oc2cc(-n4c5ccccc5c5ccccc54)cc4c2B3c2cccc([Si](c3ccccc3)(c3ccccc3)c3ccccc3)c2O4)cc1. The van der Waals surface area contributed by atoms with Crippen molar-refractivity contribution >= 4 is 103 Å². The monoisotopic (exact) mass is 951 g/mol. The summed E-state index contributed by atoms with van der Waals surface area (Å²) in [4.78, 5) is 0. The molecular formula is C66H46BNO2Si2. The van der Waals surface area contributed by atoms with Gasteiger partial charge < -0.3 is 14.0 Å². The molecule has 0 amide bonds.